The van der Waals surface area contributed by atoms with Crippen LogP contribution in [0.15, 0.2) is 42.5 Å². The molecule has 0 aliphatic carbocycles. The summed E-state index contributed by atoms with van der Waals surface area (Å²) in [6, 6.07) is 12.6. The highest BCUT2D eigenvalue weighted by molar-refractivity contribution is 5.38. The Morgan fingerprint density at radius 3 is 2.45 bits per heavy atom. The number of hydrogen-bond acceptors (Lipinski definition) is 4. The lowest BCUT2D eigenvalue weighted by molar-refractivity contribution is 0.414. The van der Waals surface area contributed by atoms with Crippen molar-refractivity contribution in [3.8, 4) is 17.2 Å². The minimum atomic E-state index is 0.0736. The summed E-state index contributed by atoms with van der Waals surface area (Å²) in [5, 5.41) is 22.1. The highest BCUT2D eigenvalue weighted by Gasteiger charge is 2.01. The fourth-order valence-electron chi connectivity index (χ4n) is 1.95. The maximum atomic E-state index is 9.65. The average molecular weight is 273 g/mol. The van der Waals surface area contributed by atoms with Crippen LogP contribution in [0.4, 0.5) is 0 Å². The average Bonchev–Trinajstić information content (AvgIpc) is 2.46. The number of phenols is 2. The maximum Gasteiger partial charge on any atom is 0.123 e. The number of phenolic OH excluding ortho intramolecular Hbond substituents is 2. The normalized spacial score (nSPS) is 10.4. The van der Waals surface area contributed by atoms with Gasteiger partial charge >= 0.3 is 0 Å². The minimum absolute atomic E-state index is 0.0736. The zero-order chi connectivity index (χ0) is 14.4. The van der Waals surface area contributed by atoms with E-state index < -0.39 is 0 Å². The third kappa shape index (κ3) is 3.90. The molecular formula is C16H19NO3. The van der Waals surface area contributed by atoms with Crippen LogP contribution >= 0.6 is 0 Å². The molecule has 20 heavy (non-hydrogen) atoms. The van der Waals surface area contributed by atoms with Crippen LogP contribution in [-0.2, 0) is 13.0 Å². The summed E-state index contributed by atoms with van der Waals surface area (Å²) in [4.78, 5) is 0. The first-order chi connectivity index (χ1) is 9.69. The van der Waals surface area contributed by atoms with Crippen LogP contribution in [0.25, 0.3) is 0 Å². The molecule has 0 bridgehead atoms. The molecular weight excluding hydrogens is 254 g/mol. The molecule has 0 aliphatic heterocycles. The molecule has 0 atom stereocenters. The number of ether oxygens (including phenoxy) is 1. The van der Waals surface area contributed by atoms with Crippen molar-refractivity contribution in [3.05, 3.63) is 53.6 Å². The zero-order valence-corrected chi connectivity index (χ0v) is 11.5. The largest absolute Gasteiger partial charge is 0.508 e. The van der Waals surface area contributed by atoms with E-state index in [-0.39, 0.29) is 11.5 Å². The fraction of sp³-hybridized carbons (Fsp3) is 0.250. The number of nitrogens with one attached hydrogen (secondary N) is 1. The number of benzene rings is 2. The SMILES string of the molecule is COc1ccc(CCNCc2ccc(O)cc2O)cc1. The summed E-state index contributed by atoms with van der Waals surface area (Å²) < 4.78 is 5.11. The van der Waals surface area contributed by atoms with Crippen LogP contribution < -0.4 is 10.1 Å². The zero-order valence-electron chi connectivity index (χ0n) is 11.5. The van der Waals surface area contributed by atoms with Crippen molar-refractivity contribution >= 4 is 0 Å². The Labute approximate surface area is 118 Å². The Bertz CT molecular complexity index is 552. The van der Waals surface area contributed by atoms with Crippen molar-refractivity contribution in [2.24, 2.45) is 0 Å². The van der Waals surface area contributed by atoms with Crippen LogP contribution in [0, 0.1) is 0 Å². The van der Waals surface area contributed by atoms with Crippen molar-refractivity contribution in [1.29, 1.82) is 0 Å². The second-order valence-corrected chi connectivity index (χ2v) is 4.59. The van der Waals surface area contributed by atoms with Gasteiger partial charge in [0.15, 0.2) is 0 Å². The molecule has 0 heterocycles. The predicted molar refractivity (Wildman–Crippen MR) is 78.2 cm³/mol. The fourth-order valence-corrected chi connectivity index (χ4v) is 1.95. The second-order valence-electron chi connectivity index (χ2n) is 4.59. The van der Waals surface area contributed by atoms with Crippen LogP contribution in [0.5, 0.6) is 17.2 Å². The highest BCUT2D eigenvalue weighted by atomic mass is 16.5. The lowest BCUT2D eigenvalue weighted by Gasteiger charge is -2.08. The number of hydrogen-bond donors (Lipinski definition) is 3. The molecule has 0 unspecified atom stereocenters. The lowest BCUT2D eigenvalue weighted by atomic mass is 10.1. The van der Waals surface area contributed by atoms with Gasteiger partial charge in [0.25, 0.3) is 0 Å². The van der Waals surface area contributed by atoms with Gasteiger partial charge in [-0.15, -0.1) is 0 Å². The quantitative estimate of drug-likeness (QED) is 0.707. The number of rotatable bonds is 6. The van der Waals surface area contributed by atoms with Crippen molar-refractivity contribution in [2.75, 3.05) is 13.7 Å². The van der Waals surface area contributed by atoms with Crippen LogP contribution in [0.1, 0.15) is 11.1 Å². The molecule has 0 saturated heterocycles. The number of aromatic hydroxyl groups is 2. The topological polar surface area (TPSA) is 61.7 Å². The first-order valence-corrected chi connectivity index (χ1v) is 6.53. The van der Waals surface area contributed by atoms with Crippen molar-refractivity contribution in [1.82, 2.24) is 5.32 Å². The molecule has 0 fully saturated rings. The Hall–Kier alpha value is -2.20. The van der Waals surface area contributed by atoms with Gasteiger partial charge in [-0.1, -0.05) is 18.2 Å². The Morgan fingerprint density at radius 2 is 1.80 bits per heavy atom. The van der Waals surface area contributed by atoms with E-state index in [4.69, 9.17) is 4.74 Å². The molecule has 4 heteroatoms. The smallest absolute Gasteiger partial charge is 0.123 e. The van der Waals surface area contributed by atoms with E-state index in [9.17, 15) is 10.2 Å². The summed E-state index contributed by atoms with van der Waals surface area (Å²) in [6.07, 6.45) is 0.906. The van der Waals surface area contributed by atoms with Gasteiger partial charge in [0.05, 0.1) is 7.11 Å². The molecule has 106 valence electrons. The first kappa shape index (κ1) is 14.2. The highest BCUT2D eigenvalue weighted by Crippen LogP contribution is 2.22. The Kier molecular flexibility index (Phi) is 4.85. The van der Waals surface area contributed by atoms with Crippen LogP contribution in [0.3, 0.4) is 0 Å². The summed E-state index contributed by atoms with van der Waals surface area (Å²) in [5.41, 5.74) is 2.01. The summed E-state index contributed by atoms with van der Waals surface area (Å²) in [6.45, 7) is 1.38. The molecule has 0 amide bonds. The molecule has 2 rings (SSSR count). The first-order valence-electron chi connectivity index (χ1n) is 6.53. The minimum Gasteiger partial charge on any atom is -0.508 e. The molecule has 0 radical (unpaired) electrons. The third-order valence-electron chi connectivity index (χ3n) is 3.13. The summed E-state index contributed by atoms with van der Waals surface area (Å²) >= 11 is 0. The van der Waals surface area contributed by atoms with Crippen molar-refractivity contribution < 1.29 is 14.9 Å². The van der Waals surface area contributed by atoms with Gasteiger partial charge in [-0.2, -0.15) is 0 Å². The summed E-state index contributed by atoms with van der Waals surface area (Å²) in [7, 11) is 1.65. The second kappa shape index (κ2) is 6.82. The lowest BCUT2D eigenvalue weighted by Crippen LogP contribution is -2.16. The molecule has 0 saturated carbocycles. The third-order valence-corrected chi connectivity index (χ3v) is 3.13. The molecule has 4 nitrogen and oxygen atoms in total. The van der Waals surface area contributed by atoms with Crippen LogP contribution in [0.2, 0.25) is 0 Å². The molecule has 2 aromatic rings. The van der Waals surface area contributed by atoms with Gasteiger partial charge in [0, 0.05) is 18.2 Å². The van der Waals surface area contributed by atoms with Gasteiger partial charge in [-0.25, -0.2) is 0 Å². The maximum absolute atomic E-state index is 9.65. The van der Waals surface area contributed by atoms with Gasteiger partial charge in [-0.05, 0) is 36.7 Å². The van der Waals surface area contributed by atoms with Crippen molar-refractivity contribution in [3.63, 3.8) is 0 Å². The van der Waals surface area contributed by atoms with E-state index >= 15 is 0 Å². The number of methoxy groups -OCH3 is 1. The Morgan fingerprint density at radius 1 is 1.05 bits per heavy atom. The predicted octanol–water partition coefficient (Wildman–Crippen LogP) is 2.44. The molecule has 0 aliphatic rings. The molecule has 3 N–H and O–H groups in total. The van der Waals surface area contributed by atoms with E-state index in [0.29, 0.717) is 6.54 Å². The van der Waals surface area contributed by atoms with E-state index in [0.717, 1.165) is 24.3 Å². The van der Waals surface area contributed by atoms with E-state index in [1.165, 1.54) is 11.6 Å². The van der Waals surface area contributed by atoms with Gasteiger partial charge in [0.1, 0.15) is 17.2 Å². The van der Waals surface area contributed by atoms with Gasteiger partial charge in [-0.3, -0.25) is 0 Å². The molecule has 0 spiro atoms. The van der Waals surface area contributed by atoms with Crippen LogP contribution in [-0.4, -0.2) is 23.9 Å². The molecule has 0 aromatic heterocycles. The molecule has 2 aromatic carbocycles. The van der Waals surface area contributed by atoms with Crippen molar-refractivity contribution in [2.45, 2.75) is 13.0 Å². The Balaban J connectivity index is 1.78. The van der Waals surface area contributed by atoms with Gasteiger partial charge < -0.3 is 20.3 Å². The van der Waals surface area contributed by atoms with E-state index in [1.54, 1.807) is 19.2 Å². The standard InChI is InChI=1S/C16H19NO3/c1-20-15-6-2-12(3-7-15)8-9-17-11-13-4-5-14(18)10-16(13)19/h2-7,10,17-19H,8-9,11H2,1H3. The monoisotopic (exact) mass is 273 g/mol. The van der Waals surface area contributed by atoms with E-state index in [2.05, 4.69) is 5.32 Å². The van der Waals surface area contributed by atoms with E-state index in [1.807, 2.05) is 24.3 Å². The van der Waals surface area contributed by atoms with Gasteiger partial charge in [0.2, 0.25) is 0 Å². The summed E-state index contributed by atoms with van der Waals surface area (Å²) in [5.74, 6) is 1.04.